The molecule has 4 heteroatoms. The van der Waals surface area contributed by atoms with Crippen LogP contribution in [0.1, 0.15) is 12.5 Å². The fourth-order valence-corrected chi connectivity index (χ4v) is 1.58. The van der Waals surface area contributed by atoms with Crippen LogP contribution in [0.15, 0.2) is 23.8 Å². The second kappa shape index (κ2) is 7.43. The fourth-order valence-electron chi connectivity index (χ4n) is 1.40. The lowest BCUT2D eigenvalue weighted by Crippen LogP contribution is -2.20. The van der Waals surface area contributed by atoms with Crippen LogP contribution in [0.3, 0.4) is 0 Å². The minimum Gasteiger partial charge on any atom is -0.383 e. The Labute approximate surface area is 106 Å². The van der Waals surface area contributed by atoms with Crippen molar-refractivity contribution in [1.29, 1.82) is 0 Å². The second-order valence-corrected chi connectivity index (χ2v) is 4.26. The Morgan fingerprint density at radius 2 is 2.29 bits per heavy atom. The summed E-state index contributed by atoms with van der Waals surface area (Å²) in [5, 5.41) is 3.73. The standard InChI is InChI=1S/C13H17ClFNO/c1-10(9-16-5-6-17-2)7-11-8-12(14)3-4-13(11)15/h3-4,7-8,16H,5-6,9H2,1-2H3/b10-7+. The Hall–Kier alpha value is -0.900. The van der Waals surface area contributed by atoms with E-state index in [0.717, 1.165) is 12.1 Å². The summed E-state index contributed by atoms with van der Waals surface area (Å²) < 4.78 is 18.3. The topological polar surface area (TPSA) is 21.3 Å². The first-order valence-electron chi connectivity index (χ1n) is 5.45. The lowest BCUT2D eigenvalue weighted by molar-refractivity contribution is 0.200. The molecule has 0 amide bonds. The van der Waals surface area contributed by atoms with Crippen molar-refractivity contribution in [3.63, 3.8) is 0 Å². The third kappa shape index (κ3) is 5.31. The molecule has 0 aromatic heterocycles. The van der Waals surface area contributed by atoms with E-state index in [0.29, 0.717) is 23.7 Å². The third-order valence-electron chi connectivity index (χ3n) is 2.25. The molecule has 1 aromatic rings. The second-order valence-electron chi connectivity index (χ2n) is 3.83. The summed E-state index contributed by atoms with van der Waals surface area (Å²) in [7, 11) is 1.66. The maximum absolute atomic E-state index is 13.4. The highest BCUT2D eigenvalue weighted by Crippen LogP contribution is 2.17. The van der Waals surface area contributed by atoms with Crippen molar-refractivity contribution in [1.82, 2.24) is 5.32 Å². The van der Waals surface area contributed by atoms with Gasteiger partial charge in [0.05, 0.1) is 6.61 Å². The van der Waals surface area contributed by atoms with Crippen LogP contribution in [0, 0.1) is 5.82 Å². The van der Waals surface area contributed by atoms with Gasteiger partial charge in [0.2, 0.25) is 0 Å². The Balaban J connectivity index is 2.57. The van der Waals surface area contributed by atoms with E-state index in [4.69, 9.17) is 16.3 Å². The highest BCUT2D eigenvalue weighted by Gasteiger charge is 2.00. The summed E-state index contributed by atoms with van der Waals surface area (Å²) in [5.74, 6) is -0.259. The number of nitrogens with one attached hydrogen (secondary N) is 1. The highest BCUT2D eigenvalue weighted by atomic mass is 35.5. The summed E-state index contributed by atoms with van der Waals surface area (Å²) in [5.41, 5.74) is 1.56. The van der Waals surface area contributed by atoms with E-state index in [1.165, 1.54) is 6.07 Å². The van der Waals surface area contributed by atoms with Crippen molar-refractivity contribution in [2.24, 2.45) is 0 Å². The molecule has 0 atom stereocenters. The predicted octanol–water partition coefficient (Wildman–Crippen LogP) is 3.12. The van der Waals surface area contributed by atoms with E-state index in [1.807, 2.05) is 6.92 Å². The maximum atomic E-state index is 13.4. The summed E-state index contributed by atoms with van der Waals surface area (Å²) in [6, 6.07) is 4.54. The molecule has 0 unspecified atom stereocenters. The van der Waals surface area contributed by atoms with Crippen LogP contribution in [0.2, 0.25) is 5.02 Å². The van der Waals surface area contributed by atoms with Crippen LogP contribution >= 0.6 is 11.6 Å². The largest absolute Gasteiger partial charge is 0.383 e. The molecule has 0 radical (unpaired) electrons. The molecule has 0 saturated heterocycles. The minimum atomic E-state index is -0.259. The Kier molecular flexibility index (Phi) is 6.19. The average molecular weight is 258 g/mol. The van der Waals surface area contributed by atoms with E-state index < -0.39 is 0 Å². The van der Waals surface area contributed by atoms with Crippen LogP contribution in [0.4, 0.5) is 4.39 Å². The monoisotopic (exact) mass is 257 g/mol. The lowest BCUT2D eigenvalue weighted by atomic mass is 10.1. The first kappa shape index (κ1) is 14.2. The fraction of sp³-hybridized carbons (Fsp3) is 0.385. The van der Waals surface area contributed by atoms with Crippen LogP contribution in [-0.4, -0.2) is 26.8 Å². The van der Waals surface area contributed by atoms with Gasteiger partial charge in [-0.2, -0.15) is 0 Å². The summed E-state index contributed by atoms with van der Waals surface area (Å²) in [6.07, 6.45) is 1.79. The smallest absolute Gasteiger partial charge is 0.130 e. The van der Waals surface area contributed by atoms with Gasteiger partial charge in [0.25, 0.3) is 0 Å². The average Bonchev–Trinajstić information content (AvgIpc) is 2.29. The number of halogens is 2. The Bertz CT molecular complexity index is 393. The molecule has 0 saturated carbocycles. The summed E-state index contributed by atoms with van der Waals surface area (Å²) >= 11 is 5.82. The molecule has 0 aliphatic rings. The molecule has 2 nitrogen and oxygen atoms in total. The zero-order valence-corrected chi connectivity index (χ0v) is 10.9. The van der Waals surface area contributed by atoms with Crippen LogP contribution in [0.25, 0.3) is 6.08 Å². The van der Waals surface area contributed by atoms with E-state index in [9.17, 15) is 4.39 Å². The summed E-state index contributed by atoms with van der Waals surface area (Å²) in [4.78, 5) is 0. The van der Waals surface area contributed by atoms with Gasteiger partial charge in [0, 0.05) is 30.8 Å². The van der Waals surface area contributed by atoms with Crippen molar-refractivity contribution in [2.75, 3.05) is 26.8 Å². The van der Waals surface area contributed by atoms with Crippen molar-refractivity contribution >= 4 is 17.7 Å². The molecule has 0 heterocycles. The number of benzene rings is 1. The molecule has 1 aromatic carbocycles. The highest BCUT2D eigenvalue weighted by molar-refractivity contribution is 6.30. The zero-order valence-electron chi connectivity index (χ0n) is 10.1. The molecule has 1 N–H and O–H groups in total. The van der Waals surface area contributed by atoms with Gasteiger partial charge in [0.1, 0.15) is 5.82 Å². The van der Waals surface area contributed by atoms with Gasteiger partial charge in [0.15, 0.2) is 0 Å². The Morgan fingerprint density at radius 1 is 1.53 bits per heavy atom. The van der Waals surface area contributed by atoms with Crippen molar-refractivity contribution in [2.45, 2.75) is 6.92 Å². The van der Waals surface area contributed by atoms with E-state index in [2.05, 4.69) is 5.32 Å². The summed E-state index contributed by atoms with van der Waals surface area (Å²) in [6.45, 7) is 4.09. The SMILES string of the molecule is COCCNC/C(C)=C/c1cc(Cl)ccc1F. The van der Waals surface area contributed by atoms with Crippen LogP contribution < -0.4 is 5.32 Å². The van der Waals surface area contributed by atoms with Gasteiger partial charge in [-0.15, -0.1) is 0 Å². The minimum absolute atomic E-state index is 0.259. The molecular formula is C13H17ClFNO. The van der Waals surface area contributed by atoms with E-state index in [1.54, 1.807) is 25.3 Å². The predicted molar refractivity (Wildman–Crippen MR) is 69.8 cm³/mol. The van der Waals surface area contributed by atoms with E-state index >= 15 is 0 Å². The first-order valence-corrected chi connectivity index (χ1v) is 5.83. The van der Waals surface area contributed by atoms with Gasteiger partial charge in [-0.25, -0.2) is 4.39 Å². The normalized spacial score (nSPS) is 11.9. The molecule has 1 rings (SSSR count). The van der Waals surface area contributed by atoms with Crippen molar-refractivity contribution < 1.29 is 9.13 Å². The molecule has 0 spiro atoms. The van der Waals surface area contributed by atoms with Crippen LogP contribution in [0.5, 0.6) is 0 Å². The van der Waals surface area contributed by atoms with Gasteiger partial charge in [-0.1, -0.05) is 23.3 Å². The van der Waals surface area contributed by atoms with Gasteiger partial charge >= 0.3 is 0 Å². The molecular weight excluding hydrogens is 241 g/mol. The maximum Gasteiger partial charge on any atom is 0.130 e. The van der Waals surface area contributed by atoms with E-state index in [-0.39, 0.29) is 5.82 Å². The molecule has 0 fully saturated rings. The Morgan fingerprint density at radius 3 is 3.00 bits per heavy atom. The van der Waals surface area contributed by atoms with Gasteiger partial charge in [-0.3, -0.25) is 0 Å². The van der Waals surface area contributed by atoms with Crippen LogP contribution in [-0.2, 0) is 4.74 Å². The lowest BCUT2D eigenvalue weighted by Gasteiger charge is -2.05. The van der Waals surface area contributed by atoms with Crippen molar-refractivity contribution in [3.05, 3.63) is 40.2 Å². The molecule has 94 valence electrons. The third-order valence-corrected chi connectivity index (χ3v) is 2.48. The molecule has 17 heavy (non-hydrogen) atoms. The zero-order chi connectivity index (χ0) is 12.7. The number of rotatable bonds is 6. The molecule has 0 aliphatic heterocycles. The van der Waals surface area contributed by atoms with Crippen molar-refractivity contribution in [3.8, 4) is 0 Å². The van der Waals surface area contributed by atoms with Gasteiger partial charge < -0.3 is 10.1 Å². The quantitative estimate of drug-likeness (QED) is 0.791. The number of ether oxygens (including phenoxy) is 1. The number of hydrogen-bond acceptors (Lipinski definition) is 2. The molecule has 0 bridgehead atoms. The molecule has 0 aliphatic carbocycles. The van der Waals surface area contributed by atoms with Gasteiger partial charge in [-0.05, 0) is 25.1 Å². The number of methoxy groups -OCH3 is 1. The first-order chi connectivity index (χ1) is 8.13. The number of hydrogen-bond donors (Lipinski definition) is 1.